The molecule has 0 aliphatic carbocycles. The molecule has 4 rings (SSSR count). The van der Waals surface area contributed by atoms with Crippen LogP contribution in [0.2, 0.25) is 0 Å². The number of amides is 2. The number of sulfonamides is 1. The van der Waals surface area contributed by atoms with Crippen molar-refractivity contribution in [3.63, 3.8) is 0 Å². The molecule has 2 aromatic rings. The molecule has 1 fully saturated rings. The summed E-state index contributed by atoms with van der Waals surface area (Å²) in [6, 6.07) is 9.78. The van der Waals surface area contributed by atoms with Crippen molar-refractivity contribution in [2.75, 3.05) is 39.4 Å². The topological polar surface area (TPSA) is 88.2 Å². The number of fused-ring (bicyclic) bond motifs is 1. The number of carbonyl (C=O) groups excluding carboxylic acids is 1. The number of carbonyl (C=O) groups is 1. The highest BCUT2D eigenvalue weighted by atomic mass is 32.2. The lowest BCUT2D eigenvalue weighted by Crippen LogP contribution is -2.53. The maximum Gasteiger partial charge on any atom is 0.317 e. The van der Waals surface area contributed by atoms with Gasteiger partial charge in [-0.3, -0.25) is 0 Å². The van der Waals surface area contributed by atoms with Crippen LogP contribution in [-0.2, 0) is 10.0 Å². The van der Waals surface area contributed by atoms with E-state index in [0.717, 1.165) is 17.7 Å². The summed E-state index contributed by atoms with van der Waals surface area (Å²) < 4.78 is 51.0. The molecular formula is C21H24FN3O5S. The molecule has 0 spiro atoms. The fourth-order valence-electron chi connectivity index (χ4n) is 3.58. The molecule has 8 nitrogen and oxygen atoms in total. The van der Waals surface area contributed by atoms with Crippen LogP contribution in [-0.4, -0.2) is 63.0 Å². The third-order valence-electron chi connectivity index (χ3n) is 5.38. The molecule has 2 aliphatic heterocycles. The highest BCUT2D eigenvalue weighted by molar-refractivity contribution is 7.89. The molecule has 0 radical (unpaired) electrons. The Balaban J connectivity index is 1.34. The van der Waals surface area contributed by atoms with Gasteiger partial charge < -0.3 is 19.7 Å². The molecule has 2 aromatic carbocycles. The van der Waals surface area contributed by atoms with Crippen LogP contribution in [0.5, 0.6) is 11.5 Å². The van der Waals surface area contributed by atoms with Crippen molar-refractivity contribution in [1.29, 1.82) is 0 Å². The van der Waals surface area contributed by atoms with E-state index in [1.54, 1.807) is 4.90 Å². The molecule has 1 saturated heterocycles. The van der Waals surface area contributed by atoms with Gasteiger partial charge in [0.1, 0.15) is 19.0 Å². The first-order valence-corrected chi connectivity index (χ1v) is 11.5. The second-order valence-corrected chi connectivity index (χ2v) is 9.36. The van der Waals surface area contributed by atoms with E-state index in [1.165, 1.54) is 16.4 Å². The molecule has 1 N–H and O–H groups in total. The third kappa shape index (κ3) is 4.59. The maximum atomic E-state index is 13.1. The summed E-state index contributed by atoms with van der Waals surface area (Å²) in [6.07, 6.45) is 0. The average molecular weight is 450 g/mol. The number of piperazine rings is 1. The van der Waals surface area contributed by atoms with Gasteiger partial charge in [0.05, 0.1) is 10.9 Å². The summed E-state index contributed by atoms with van der Waals surface area (Å²) in [5, 5.41) is 2.95. The van der Waals surface area contributed by atoms with Crippen LogP contribution in [0.3, 0.4) is 0 Å². The number of rotatable bonds is 4. The Morgan fingerprint density at radius 1 is 1.00 bits per heavy atom. The van der Waals surface area contributed by atoms with Crippen molar-refractivity contribution in [3.05, 3.63) is 53.8 Å². The third-order valence-corrected chi connectivity index (χ3v) is 7.30. The lowest BCUT2D eigenvalue weighted by atomic mass is 10.1. The number of nitrogens with one attached hydrogen (secondary N) is 1. The first-order chi connectivity index (χ1) is 14.8. The van der Waals surface area contributed by atoms with E-state index in [-0.39, 0.29) is 43.1 Å². The lowest BCUT2D eigenvalue weighted by molar-refractivity contribution is 0.168. The number of halogens is 1. The van der Waals surface area contributed by atoms with Gasteiger partial charge in [-0.1, -0.05) is 6.07 Å². The van der Waals surface area contributed by atoms with E-state index in [2.05, 4.69) is 5.32 Å². The Morgan fingerprint density at radius 2 is 1.65 bits per heavy atom. The number of hydrogen-bond donors (Lipinski definition) is 1. The largest absolute Gasteiger partial charge is 0.486 e. The number of nitrogens with zero attached hydrogens (tertiary/aromatic N) is 2. The Kier molecular flexibility index (Phi) is 6.01. The van der Waals surface area contributed by atoms with Crippen LogP contribution >= 0.6 is 0 Å². The van der Waals surface area contributed by atoms with Gasteiger partial charge in [0.2, 0.25) is 10.0 Å². The second-order valence-electron chi connectivity index (χ2n) is 7.42. The number of urea groups is 1. The van der Waals surface area contributed by atoms with Gasteiger partial charge in [-0.2, -0.15) is 4.31 Å². The van der Waals surface area contributed by atoms with Gasteiger partial charge in [0, 0.05) is 26.2 Å². The van der Waals surface area contributed by atoms with Crippen molar-refractivity contribution in [1.82, 2.24) is 14.5 Å². The van der Waals surface area contributed by atoms with Gasteiger partial charge in [0.15, 0.2) is 11.5 Å². The van der Waals surface area contributed by atoms with Crippen molar-refractivity contribution < 1.29 is 27.1 Å². The van der Waals surface area contributed by atoms with Crippen molar-refractivity contribution >= 4 is 16.1 Å². The molecule has 0 unspecified atom stereocenters. The quantitative estimate of drug-likeness (QED) is 0.774. The Hall–Kier alpha value is -2.85. The summed E-state index contributed by atoms with van der Waals surface area (Å²) in [4.78, 5) is 14.3. The number of hydrogen-bond acceptors (Lipinski definition) is 5. The first-order valence-electron chi connectivity index (χ1n) is 10.1. The zero-order chi connectivity index (χ0) is 22.0. The molecule has 2 amide bonds. The van der Waals surface area contributed by atoms with Crippen LogP contribution in [0.25, 0.3) is 0 Å². The predicted octanol–water partition coefficient (Wildman–Crippen LogP) is 2.37. The molecule has 1 atom stereocenters. The van der Waals surface area contributed by atoms with Gasteiger partial charge >= 0.3 is 6.03 Å². The highest BCUT2D eigenvalue weighted by Crippen LogP contribution is 2.32. The fourth-order valence-corrected chi connectivity index (χ4v) is 5.00. The molecular weight excluding hydrogens is 425 g/mol. The maximum absolute atomic E-state index is 13.1. The summed E-state index contributed by atoms with van der Waals surface area (Å²) in [6.45, 7) is 3.75. The average Bonchev–Trinajstić information content (AvgIpc) is 2.79. The van der Waals surface area contributed by atoms with Gasteiger partial charge in [-0.25, -0.2) is 17.6 Å². The monoisotopic (exact) mass is 449 g/mol. The minimum atomic E-state index is -3.72. The van der Waals surface area contributed by atoms with Crippen LogP contribution in [0.4, 0.5) is 9.18 Å². The first kappa shape index (κ1) is 21.4. The smallest absolute Gasteiger partial charge is 0.317 e. The van der Waals surface area contributed by atoms with Gasteiger partial charge in [-0.15, -0.1) is 0 Å². The number of ether oxygens (including phenoxy) is 2. The Labute approximate surface area is 180 Å². The predicted molar refractivity (Wildman–Crippen MR) is 111 cm³/mol. The van der Waals surface area contributed by atoms with E-state index in [1.807, 2.05) is 25.1 Å². The zero-order valence-electron chi connectivity index (χ0n) is 17.1. The number of benzene rings is 2. The molecule has 0 bridgehead atoms. The molecule has 0 saturated carbocycles. The normalized spacial score (nSPS) is 17.8. The van der Waals surface area contributed by atoms with Crippen molar-refractivity contribution in [2.24, 2.45) is 0 Å². The minimum absolute atomic E-state index is 0.0408. The van der Waals surface area contributed by atoms with E-state index >= 15 is 0 Å². The SMILES string of the molecule is C[C@@H](NC(=O)N1CCN(S(=O)(=O)c2ccc(F)cc2)CC1)c1ccc2c(c1)OCCO2. The summed E-state index contributed by atoms with van der Waals surface area (Å²) >= 11 is 0. The molecule has 2 aliphatic rings. The van der Waals surface area contributed by atoms with E-state index in [0.29, 0.717) is 24.7 Å². The molecule has 31 heavy (non-hydrogen) atoms. The fraction of sp³-hybridized carbons (Fsp3) is 0.381. The second kappa shape index (κ2) is 8.72. The van der Waals surface area contributed by atoms with Gasteiger partial charge in [-0.05, 0) is 48.9 Å². The van der Waals surface area contributed by atoms with Crippen LogP contribution in [0.1, 0.15) is 18.5 Å². The summed E-state index contributed by atoms with van der Waals surface area (Å²) in [5.74, 6) is 0.851. The highest BCUT2D eigenvalue weighted by Gasteiger charge is 2.30. The van der Waals surface area contributed by atoms with Crippen LogP contribution < -0.4 is 14.8 Å². The Morgan fingerprint density at radius 3 is 2.32 bits per heavy atom. The van der Waals surface area contributed by atoms with E-state index in [4.69, 9.17) is 9.47 Å². The zero-order valence-corrected chi connectivity index (χ0v) is 17.9. The molecule has 0 aromatic heterocycles. The summed E-state index contributed by atoms with van der Waals surface area (Å²) in [7, 11) is -3.72. The lowest BCUT2D eigenvalue weighted by Gasteiger charge is -2.34. The molecule has 166 valence electrons. The van der Waals surface area contributed by atoms with Crippen molar-refractivity contribution in [2.45, 2.75) is 17.9 Å². The van der Waals surface area contributed by atoms with Gasteiger partial charge in [0.25, 0.3) is 0 Å². The molecule has 10 heteroatoms. The van der Waals surface area contributed by atoms with E-state index in [9.17, 15) is 17.6 Å². The Bertz CT molecular complexity index is 1050. The summed E-state index contributed by atoms with van der Waals surface area (Å²) in [5.41, 5.74) is 0.884. The minimum Gasteiger partial charge on any atom is -0.486 e. The van der Waals surface area contributed by atoms with Crippen LogP contribution in [0.15, 0.2) is 47.4 Å². The van der Waals surface area contributed by atoms with Crippen LogP contribution in [0, 0.1) is 5.82 Å². The van der Waals surface area contributed by atoms with E-state index < -0.39 is 15.8 Å². The standard InChI is InChI=1S/C21H24FN3O5S/c1-15(16-2-7-19-20(14-16)30-13-12-29-19)23-21(26)24-8-10-25(11-9-24)31(27,28)18-5-3-17(22)4-6-18/h2-7,14-15H,8-13H2,1H3,(H,23,26)/t15-/m1/s1. The van der Waals surface area contributed by atoms with Crippen molar-refractivity contribution in [3.8, 4) is 11.5 Å². The molecule has 2 heterocycles.